The molecule has 0 unspecified atom stereocenters. The van der Waals surface area contributed by atoms with E-state index in [9.17, 15) is 14.7 Å². The zero-order chi connectivity index (χ0) is 20.9. The summed E-state index contributed by atoms with van der Waals surface area (Å²) in [5, 5.41) is 15.4. The van der Waals surface area contributed by atoms with Gasteiger partial charge in [-0.05, 0) is 48.2 Å². The number of carboxylic acids is 1. The van der Waals surface area contributed by atoms with Crippen LogP contribution >= 0.6 is 11.3 Å². The molecule has 0 radical (unpaired) electrons. The maximum absolute atomic E-state index is 12.4. The van der Waals surface area contributed by atoms with E-state index in [2.05, 4.69) is 10.7 Å². The summed E-state index contributed by atoms with van der Waals surface area (Å²) in [5.74, 6) is -0.649. The maximum atomic E-state index is 12.4. The van der Waals surface area contributed by atoms with Crippen LogP contribution < -0.4 is 5.32 Å². The van der Waals surface area contributed by atoms with Crippen LogP contribution in [-0.2, 0) is 11.2 Å². The Morgan fingerprint density at radius 2 is 1.97 bits per heavy atom. The molecule has 3 aromatic rings. The van der Waals surface area contributed by atoms with Crippen molar-refractivity contribution in [3.05, 3.63) is 81.3 Å². The number of rotatable bonds is 7. The third kappa shape index (κ3) is 4.83. The molecule has 0 spiro atoms. The number of amides is 1. The first-order chi connectivity index (χ1) is 14.6. The number of aromatic carboxylic acids is 1. The molecule has 30 heavy (non-hydrogen) atoms. The van der Waals surface area contributed by atoms with Gasteiger partial charge in [-0.1, -0.05) is 42.8 Å². The molecule has 1 fully saturated rings. The van der Waals surface area contributed by atoms with E-state index in [1.807, 2.05) is 36.4 Å². The highest BCUT2D eigenvalue weighted by Crippen LogP contribution is 2.37. The molecule has 1 amide bonds. The summed E-state index contributed by atoms with van der Waals surface area (Å²) < 4.78 is 0. The van der Waals surface area contributed by atoms with Crippen molar-refractivity contribution >= 4 is 41.1 Å². The largest absolute Gasteiger partial charge is 0.478 e. The molecule has 152 valence electrons. The van der Waals surface area contributed by atoms with E-state index < -0.39 is 5.97 Å². The molecule has 0 saturated heterocycles. The number of thiazole rings is 1. The summed E-state index contributed by atoms with van der Waals surface area (Å²) in [6, 6.07) is 14.1. The van der Waals surface area contributed by atoms with E-state index in [0.29, 0.717) is 17.2 Å². The van der Waals surface area contributed by atoms with Gasteiger partial charge >= 0.3 is 5.97 Å². The topological polar surface area (TPSA) is 79.3 Å². The molecule has 0 aliphatic heterocycles. The average molecular weight is 419 g/mol. The highest BCUT2D eigenvalue weighted by atomic mass is 32.1. The fraction of sp³-hybridized carbons (Fsp3) is 0.208. The second kappa shape index (κ2) is 9.05. The number of carboxylic acid groups (broad SMARTS) is 1. The Bertz CT molecular complexity index is 1100. The van der Waals surface area contributed by atoms with Crippen LogP contribution in [0, 0.1) is 0 Å². The lowest BCUT2D eigenvalue weighted by molar-refractivity contribution is -0.115. The fourth-order valence-electron chi connectivity index (χ4n) is 3.38. The molecule has 2 N–H and O–H groups in total. The van der Waals surface area contributed by atoms with Crippen LogP contribution in [0.3, 0.4) is 0 Å². The Balaban J connectivity index is 1.40. The molecule has 6 heteroatoms. The minimum atomic E-state index is -1.03. The normalized spacial score (nSPS) is 13.9. The second-order valence-electron chi connectivity index (χ2n) is 7.38. The van der Waals surface area contributed by atoms with Crippen LogP contribution in [0.4, 0.5) is 5.69 Å². The van der Waals surface area contributed by atoms with Crippen LogP contribution in [0.25, 0.3) is 12.2 Å². The third-order valence-electron chi connectivity index (χ3n) is 5.21. The van der Waals surface area contributed by atoms with Gasteiger partial charge in [-0.15, -0.1) is 11.3 Å². The number of carbonyl (C=O) groups is 2. The van der Waals surface area contributed by atoms with Crippen LogP contribution in [0.15, 0.2) is 53.9 Å². The van der Waals surface area contributed by atoms with Gasteiger partial charge in [0.25, 0.3) is 0 Å². The van der Waals surface area contributed by atoms with Gasteiger partial charge in [-0.2, -0.15) is 0 Å². The lowest BCUT2D eigenvalue weighted by atomic mass is 9.86. The number of anilines is 1. The SMILES string of the molecule is O=C(Cc1ccccc1C(=O)O)Nc1cccc(C=Cc2csc(C3CCC3)n2)c1. The Kier molecular flexibility index (Phi) is 6.05. The van der Waals surface area contributed by atoms with E-state index in [4.69, 9.17) is 4.98 Å². The number of hydrogen-bond donors (Lipinski definition) is 2. The van der Waals surface area contributed by atoms with Gasteiger partial charge in [-0.25, -0.2) is 9.78 Å². The number of carbonyl (C=O) groups excluding carboxylic acids is 1. The Hall–Kier alpha value is -3.25. The number of aromatic nitrogens is 1. The van der Waals surface area contributed by atoms with Gasteiger partial charge < -0.3 is 10.4 Å². The summed E-state index contributed by atoms with van der Waals surface area (Å²) in [6.07, 6.45) is 7.77. The maximum Gasteiger partial charge on any atom is 0.335 e. The Morgan fingerprint density at radius 1 is 1.13 bits per heavy atom. The molecule has 1 saturated carbocycles. The van der Waals surface area contributed by atoms with Crippen LogP contribution in [0.5, 0.6) is 0 Å². The minimum Gasteiger partial charge on any atom is -0.478 e. The molecule has 5 nitrogen and oxygen atoms in total. The van der Waals surface area contributed by atoms with Gasteiger partial charge in [0.15, 0.2) is 0 Å². The highest BCUT2D eigenvalue weighted by Gasteiger charge is 2.22. The van der Waals surface area contributed by atoms with Gasteiger partial charge in [0.05, 0.1) is 22.7 Å². The van der Waals surface area contributed by atoms with Gasteiger partial charge in [0.1, 0.15) is 0 Å². The van der Waals surface area contributed by atoms with Crippen LogP contribution in [0.2, 0.25) is 0 Å². The average Bonchev–Trinajstić information content (AvgIpc) is 3.14. The van der Waals surface area contributed by atoms with Crippen molar-refractivity contribution in [3.63, 3.8) is 0 Å². The van der Waals surface area contributed by atoms with E-state index in [1.54, 1.807) is 29.5 Å². The molecule has 1 aliphatic rings. The summed E-state index contributed by atoms with van der Waals surface area (Å²) in [7, 11) is 0. The van der Waals surface area contributed by atoms with E-state index in [0.717, 1.165) is 11.3 Å². The summed E-state index contributed by atoms with van der Waals surface area (Å²) in [5.41, 5.74) is 3.22. The van der Waals surface area contributed by atoms with Crippen molar-refractivity contribution in [3.8, 4) is 0 Å². The zero-order valence-corrected chi connectivity index (χ0v) is 17.2. The van der Waals surface area contributed by atoms with Crippen molar-refractivity contribution in [2.45, 2.75) is 31.6 Å². The molecule has 1 heterocycles. The molecule has 4 rings (SSSR count). The van der Waals surface area contributed by atoms with Crippen molar-refractivity contribution in [2.75, 3.05) is 5.32 Å². The number of benzene rings is 2. The highest BCUT2D eigenvalue weighted by molar-refractivity contribution is 7.09. The van der Waals surface area contributed by atoms with Crippen molar-refractivity contribution in [1.29, 1.82) is 0 Å². The smallest absolute Gasteiger partial charge is 0.335 e. The fourth-order valence-corrected chi connectivity index (χ4v) is 4.34. The molecular formula is C24H22N2O3S. The quantitative estimate of drug-likeness (QED) is 0.534. The van der Waals surface area contributed by atoms with Crippen LogP contribution in [0.1, 0.15) is 57.4 Å². The van der Waals surface area contributed by atoms with Crippen LogP contribution in [-0.4, -0.2) is 22.0 Å². The predicted octanol–water partition coefficient (Wildman–Crippen LogP) is 5.46. The lowest BCUT2D eigenvalue weighted by Gasteiger charge is -2.22. The van der Waals surface area contributed by atoms with E-state index in [-0.39, 0.29) is 17.9 Å². The third-order valence-corrected chi connectivity index (χ3v) is 6.24. The van der Waals surface area contributed by atoms with Crippen molar-refractivity contribution in [2.24, 2.45) is 0 Å². The van der Waals surface area contributed by atoms with Crippen molar-refractivity contribution in [1.82, 2.24) is 4.98 Å². The lowest BCUT2D eigenvalue weighted by Crippen LogP contribution is -2.16. The number of nitrogens with one attached hydrogen (secondary N) is 1. The predicted molar refractivity (Wildman–Crippen MR) is 120 cm³/mol. The number of hydrogen-bond acceptors (Lipinski definition) is 4. The first-order valence-electron chi connectivity index (χ1n) is 9.93. The first-order valence-corrected chi connectivity index (χ1v) is 10.8. The molecular weight excluding hydrogens is 396 g/mol. The summed E-state index contributed by atoms with van der Waals surface area (Å²) in [4.78, 5) is 28.4. The minimum absolute atomic E-state index is 0.00527. The van der Waals surface area contributed by atoms with Gasteiger partial charge in [0, 0.05) is 17.0 Å². The second-order valence-corrected chi connectivity index (χ2v) is 8.27. The molecule has 0 bridgehead atoms. The Morgan fingerprint density at radius 3 is 2.73 bits per heavy atom. The first kappa shape index (κ1) is 20.0. The Labute approximate surface area is 179 Å². The molecule has 0 atom stereocenters. The van der Waals surface area contributed by atoms with Gasteiger partial charge in [-0.3, -0.25) is 4.79 Å². The van der Waals surface area contributed by atoms with Gasteiger partial charge in [0.2, 0.25) is 5.91 Å². The van der Waals surface area contributed by atoms with E-state index in [1.165, 1.54) is 30.3 Å². The van der Waals surface area contributed by atoms with Crippen molar-refractivity contribution < 1.29 is 14.7 Å². The standard InChI is InChI=1S/C24H22N2O3S/c27-22(14-18-6-1-2-10-21(18)24(28)29)25-19-9-3-5-16(13-19)11-12-20-15-30-23(26-20)17-7-4-8-17/h1-3,5-6,9-13,15,17H,4,7-8,14H2,(H,25,27)(H,28,29). The molecule has 1 aliphatic carbocycles. The van der Waals surface area contributed by atoms with E-state index >= 15 is 0 Å². The zero-order valence-electron chi connectivity index (χ0n) is 16.4. The summed E-state index contributed by atoms with van der Waals surface area (Å²) in [6.45, 7) is 0. The monoisotopic (exact) mass is 418 g/mol. The number of nitrogens with zero attached hydrogens (tertiary/aromatic N) is 1. The molecule has 1 aromatic heterocycles. The molecule has 2 aromatic carbocycles. The summed E-state index contributed by atoms with van der Waals surface area (Å²) >= 11 is 1.72.